The predicted molar refractivity (Wildman–Crippen MR) is 115 cm³/mol. The SMILES string of the molecule is CCNC(=NCC(=O)NCCc1ccccc1)NC1CCCCC1.I. The second kappa shape index (κ2) is 13.0. The van der Waals surface area contributed by atoms with Crippen LogP contribution in [-0.2, 0) is 11.2 Å². The first kappa shape index (κ1) is 21.7. The van der Waals surface area contributed by atoms with Crippen LogP contribution in [0, 0.1) is 0 Å². The Morgan fingerprint density at radius 2 is 1.84 bits per heavy atom. The molecule has 140 valence electrons. The molecule has 3 N–H and O–H groups in total. The summed E-state index contributed by atoms with van der Waals surface area (Å²) >= 11 is 0. The summed E-state index contributed by atoms with van der Waals surface area (Å²) in [7, 11) is 0. The number of hydrogen-bond donors (Lipinski definition) is 3. The molecule has 25 heavy (non-hydrogen) atoms. The number of halogens is 1. The highest BCUT2D eigenvalue weighted by Crippen LogP contribution is 2.17. The minimum atomic E-state index is -0.0354. The molecule has 0 atom stereocenters. The minimum absolute atomic E-state index is 0. The summed E-state index contributed by atoms with van der Waals surface area (Å²) in [6, 6.07) is 10.7. The van der Waals surface area contributed by atoms with Crippen molar-refractivity contribution in [3.05, 3.63) is 35.9 Å². The Bertz CT molecular complexity index is 515. The molecule has 0 aromatic heterocycles. The van der Waals surface area contributed by atoms with Crippen molar-refractivity contribution < 1.29 is 4.79 Å². The third kappa shape index (κ3) is 9.09. The molecule has 1 saturated carbocycles. The van der Waals surface area contributed by atoms with Crippen molar-refractivity contribution in [3.8, 4) is 0 Å². The van der Waals surface area contributed by atoms with Gasteiger partial charge in [0, 0.05) is 19.1 Å². The van der Waals surface area contributed by atoms with Crippen molar-refractivity contribution >= 4 is 35.8 Å². The van der Waals surface area contributed by atoms with E-state index < -0.39 is 0 Å². The molecule has 1 aliphatic rings. The number of carbonyl (C=O) groups is 1. The van der Waals surface area contributed by atoms with Gasteiger partial charge in [0.1, 0.15) is 6.54 Å². The maximum absolute atomic E-state index is 12.0. The van der Waals surface area contributed by atoms with Crippen LogP contribution in [0.15, 0.2) is 35.3 Å². The quantitative estimate of drug-likeness (QED) is 0.335. The number of carbonyl (C=O) groups excluding carboxylic acids is 1. The predicted octanol–water partition coefficient (Wildman–Crippen LogP) is 2.85. The van der Waals surface area contributed by atoms with E-state index in [1.807, 2.05) is 25.1 Å². The fraction of sp³-hybridized carbons (Fsp3) is 0.579. The van der Waals surface area contributed by atoms with Gasteiger partial charge in [-0.25, -0.2) is 4.99 Å². The first-order valence-electron chi connectivity index (χ1n) is 9.13. The Morgan fingerprint density at radius 3 is 2.52 bits per heavy atom. The van der Waals surface area contributed by atoms with Crippen LogP contribution in [0.5, 0.6) is 0 Å². The van der Waals surface area contributed by atoms with E-state index in [0.717, 1.165) is 18.9 Å². The summed E-state index contributed by atoms with van der Waals surface area (Å²) < 4.78 is 0. The van der Waals surface area contributed by atoms with Crippen LogP contribution in [0.3, 0.4) is 0 Å². The van der Waals surface area contributed by atoms with Crippen LogP contribution in [-0.4, -0.2) is 37.5 Å². The maximum atomic E-state index is 12.0. The Morgan fingerprint density at radius 1 is 1.12 bits per heavy atom. The van der Waals surface area contributed by atoms with Gasteiger partial charge in [-0.2, -0.15) is 0 Å². The average molecular weight is 458 g/mol. The highest BCUT2D eigenvalue weighted by atomic mass is 127. The van der Waals surface area contributed by atoms with Gasteiger partial charge in [0.2, 0.25) is 5.91 Å². The Hall–Kier alpha value is -1.31. The van der Waals surface area contributed by atoms with Gasteiger partial charge < -0.3 is 16.0 Å². The fourth-order valence-electron chi connectivity index (χ4n) is 2.96. The van der Waals surface area contributed by atoms with E-state index in [2.05, 4.69) is 33.1 Å². The number of nitrogens with zero attached hydrogens (tertiary/aromatic N) is 1. The van der Waals surface area contributed by atoms with Crippen LogP contribution < -0.4 is 16.0 Å². The van der Waals surface area contributed by atoms with Crippen molar-refractivity contribution in [2.24, 2.45) is 4.99 Å². The molecule has 2 rings (SSSR count). The second-order valence-electron chi connectivity index (χ2n) is 6.26. The van der Waals surface area contributed by atoms with Crippen LogP contribution in [0.4, 0.5) is 0 Å². The summed E-state index contributed by atoms with van der Waals surface area (Å²) in [4.78, 5) is 16.4. The smallest absolute Gasteiger partial charge is 0.241 e. The number of aliphatic imine (C=N–C) groups is 1. The molecule has 0 saturated heterocycles. The molecule has 1 aromatic rings. The Kier molecular flexibility index (Phi) is 11.3. The molecule has 0 aliphatic heterocycles. The van der Waals surface area contributed by atoms with Crippen LogP contribution in [0.2, 0.25) is 0 Å². The zero-order valence-corrected chi connectivity index (χ0v) is 17.4. The third-order valence-electron chi connectivity index (χ3n) is 4.25. The lowest BCUT2D eigenvalue weighted by Crippen LogP contribution is -2.44. The van der Waals surface area contributed by atoms with E-state index in [0.29, 0.717) is 12.6 Å². The number of rotatable bonds is 7. The van der Waals surface area contributed by atoms with Gasteiger partial charge in [0.15, 0.2) is 5.96 Å². The number of hydrogen-bond acceptors (Lipinski definition) is 2. The fourth-order valence-corrected chi connectivity index (χ4v) is 2.96. The molecule has 0 bridgehead atoms. The van der Waals surface area contributed by atoms with E-state index in [9.17, 15) is 4.79 Å². The van der Waals surface area contributed by atoms with Gasteiger partial charge in [-0.05, 0) is 31.7 Å². The molecular weight excluding hydrogens is 427 g/mol. The zero-order chi connectivity index (χ0) is 17.0. The second-order valence-corrected chi connectivity index (χ2v) is 6.26. The normalized spacial score (nSPS) is 15.2. The van der Waals surface area contributed by atoms with Crippen molar-refractivity contribution in [2.75, 3.05) is 19.6 Å². The van der Waals surface area contributed by atoms with Crippen molar-refractivity contribution in [1.29, 1.82) is 0 Å². The lowest BCUT2D eigenvalue weighted by molar-refractivity contribution is -0.119. The van der Waals surface area contributed by atoms with Gasteiger partial charge >= 0.3 is 0 Å². The molecule has 0 spiro atoms. The van der Waals surface area contributed by atoms with Gasteiger partial charge in [0.05, 0.1) is 0 Å². The summed E-state index contributed by atoms with van der Waals surface area (Å²) in [6.45, 7) is 3.65. The van der Waals surface area contributed by atoms with E-state index in [1.165, 1.54) is 37.7 Å². The number of amides is 1. The molecule has 5 nitrogen and oxygen atoms in total. The molecule has 1 amide bonds. The van der Waals surface area contributed by atoms with Gasteiger partial charge in [0.25, 0.3) is 0 Å². The number of guanidine groups is 1. The number of nitrogens with one attached hydrogen (secondary N) is 3. The van der Waals surface area contributed by atoms with Gasteiger partial charge in [-0.3, -0.25) is 4.79 Å². The zero-order valence-electron chi connectivity index (χ0n) is 15.1. The van der Waals surface area contributed by atoms with Crippen molar-refractivity contribution in [2.45, 2.75) is 51.5 Å². The van der Waals surface area contributed by atoms with Crippen molar-refractivity contribution in [1.82, 2.24) is 16.0 Å². The van der Waals surface area contributed by atoms with E-state index in [-0.39, 0.29) is 36.4 Å². The van der Waals surface area contributed by atoms with Gasteiger partial charge in [-0.15, -0.1) is 24.0 Å². The summed E-state index contributed by atoms with van der Waals surface area (Å²) in [5, 5.41) is 9.61. The summed E-state index contributed by atoms with van der Waals surface area (Å²) in [5.41, 5.74) is 1.23. The molecule has 0 heterocycles. The molecule has 0 radical (unpaired) electrons. The van der Waals surface area contributed by atoms with Crippen molar-refractivity contribution in [3.63, 3.8) is 0 Å². The lowest BCUT2D eigenvalue weighted by Gasteiger charge is -2.24. The number of benzene rings is 1. The van der Waals surface area contributed by atoms with Gasteiger partial charge in [-0.1, -0.05) is 49.6 Å². The lowest BCUT2D eigenvalue weighted by atomic mass is 9.96. The Balaban J connectivity index is 0.00000312. The summed E-state index contributed by atoms with van der Waals surface area (Å²) in [6.07, 6.45) is 7.10. The third-order valence-corrected chi connectivity index (χ3v) is 4.25. The molecule has 1 aliphatic carbocycles. The maximum Gasteiger partial charge on any atom is 0.241 e. The highest BCUT2D eigenvalue weighted by Gasteiger charge is 2.14. The summed E-state index contributed by atoms with van der Waals surface area (Å²) in [5.74, 6) is 0.717. The molecule has 0 unspecified atom stereocenters. The topological polar surface area (TPSA) is 65.5 Å². The molecule has 6 heteroatoms. The van der Waals surface area contributed by atoms with Crippen LogP contribution in [0.25, 0.3) is 0 Å². The standard InChI is InChI=1S/C19H30N4O.HI/c1-2-20-19(23-17-11-7-4-8-12-17)22-15-18(24)21-14-13-16-9-5-3-6-10-16;/h3,5-6,9-10,17H,2,4,7-8,11-15H2,1H3,(H,21,24)(H2,20,22,23);1H. The molecule has 1 aromatic carbocycles. The van der Waals surface area contributed by atoms with Crippen LogP contribution >= 0.6 is 24.0 Å². The highest BCUT2D eigenvalue weighted by molar-refractivity contribution is 14.0. The van der Waals surface area contributed by atoms with Crippen LogP contribution in [0.1, 0.15) is 44.6 Å². The first-order valence-corrected chi connectivity index (χ1v) is 9.13. The monoisotopic (exact) mass is 458 g/mol. The molecule has 1 fully saturated rings. The molecular formula is C19H31IN4O. The first-order chi connectivity index (χ1) is 11.8. The van der Waals surface area contributed by atoms with E-state index in [1.54, 1.807) is 0 Å². The van der Waals surface area contributed by atoms with E-state index in [4.69, 9.17) is 0 Å². The minimum Gasteiger partial charge on any atom is -0.357 e. The van der Waals surface area contributed by atoms with E-state index >= 15 is 0 Å². The Labute approximate surface area is 168 Å². The largest absolute Gasteiger partial charge is 0.357 e. The average Bonchev–Trinajstić information content (AvgIpc) is 2.62.